The maximum absolute atomic E-state index is 12.4. The zero-order valence-electron chi connectivity index (χ0n) is 13.1. The zero-order chi connectivity index (χ0) is 14.4. The van der Waals surface area contributed by atoms with E-state index in [0.29, 0.717) is 6.42 Å². The van der Waals surface area contributed by atoms with Gasteiger partial charge in [-0.05, 0) is 64.3 Å². The Labute approximate surface area is 134 Å². The summed E-state index contributed by atoms with van der Waals surface area (Å²) in [4.78, 5) is 14.3. The highest BCUT2D eigenvalue weighted by Gasteiger charge is 2.18. The summed E-state index contributed by atoms with van der Waals surface area (Å²) in [5, 5.41) is 3.37. The molecule has 2 rings (SSSR count). The van der Waals surface area contributed by atoms with Crippen LogP contribution < -0.4 is 10.2 Å². The van der Waals surface area contributed by atoms with Crippen LogP contribution in [-0.2, 0) is 4.79 Å². The van der Waals surface area contributed by atoms with Crippen LogP contribution in [0.15, 0.2) is 24.3 Å². The van der Waals surface area contributed by atoms with Crippen molar-refractivity contribution in [1.29, 1.82) is 0 Å². The van der Waals surface area contributed by atoms with Crippen molar-refractivity contribution >= 4 is 24.0 Å². The second-order valence-electron chi connectivity index (χ2n) is 5.71. The van der Waals surface area contributed by atoms with Gasteiger partial charge >= 0.3 is 0 Å². The van der Waals surface area contributed by atoms with Crippen molar-refractivity contribution in [2.45, 2.75) is 39.5 Å². The van der Waals surface area contributed by atoms with Gasteiger partial charge in [-0.1, -0.05) is 17.7 Å². The predicted octanol–water partition coefficient (Wildman–Crippen LogP) is 3.55. The number of anilines is 1. The largest absolute Gasteiger partial charge is 0.317 e. The number of aryl methyl sites for hydroxylation is 1. The Morgan fingerprint density at radius 1 is 1.24 bits per heavy atom. The summed E-state index contributed by atoms with van der Waals surface area (Å²) < 4.78 is 0. The molecule has 1 saturated heterocycles. The first-order chi connectivity index (χ1) is 9.70. The van der Waals surface area contributed by atoms with E-state index in [1.165, 1.54) is 18.4 Å². The molecule has 1 fully saturated rings. The Balaban J connectivity index is 0.00000220. The molecule has 1 aromatic rings. The van der Waals surface area contributed by atoms with Crippen LogP contribution in [0.2, 0.25) is 0 Å². The van der Waals surface area contributed by atoms with E-state index in [0.717, 1.165) is 37.7 Å². The molecule has 1 aliphatic rings. The van der Waals surface area contributed by atoms with Crippen LogP contribution in [0.3, 0.4) is 0 Å². The molecule has 0 aliphatic carbocycles. The van der Waals surface area contributed by atoms with Crippen molar-refractivity contribution in [2.75, 3.05) is 24.5 Å². The molecule has 1 heterocycles. The van der Waals surface area contributed by atoms with Gasteiger partial charge in [-0.2, -0.15) is 0 Å². The van der Waals surface area contributed by atoms with Gasteiger partial charge in [-0.15, -0.1) is 12.4 Å². The number of carbonyl (C=O) groups is 1. The lowest BCUT2D eigenvalue weighted by atomic mass is 9.93. The molecule has 118 valence electrons. The van der Waals surface area contributed by atoms with Crippen LogP contribution in [-0.4, -0.2) is 25.5 Å². The smallest absolute Gasteiger partial charge is 0.226 e. The Kier molecular flexibility index (Phi) is 7.76. The average molecular weight is 311 g/mol. The molecule has 0 spiro atoms. The minimum Gasteiger partial charge on any atom is -0.317 e. The number of nitrogens with one attached hydrogen (secondary N) is 1. The standard InChI is InChI=1S/C17H26N2O.ClH/c1-3-19(16-7-4-14(2)5-8-16)17(20)9-6-15-10-12-18-13-11-15;/h4-5,7-8,15,18H,3,6,9-13H2,1-2H3;1H. The molecular formula is C17H27ClN2O. The monoisotopic (exact) mass is 310 g/mol. The maximum Gasteiger partial charge on any atom is 0.226 e. The van der Waals surface area contributed by atoms with Gasteiger partial charge in [0, 0.05) is 18.7 Å². The topological polar surface area (TPSA) is 32.3 Å². The SMILES string of the molecule is CCN(C(=O)CCC1CCNCC1)c1ccc(C)cc1.Cl. The molecule has 21 heavy (non-hydrogen) atoms. The van der Waals surface area contributed by atoms with Crippen LogP contribution in [0.25, 0.3) is 0 Å². The van der Waals surface area contributed by atoms with Crippen LogP contribution in [0, 0.1) is 12.8 Å². The van der Waals surface area contributed by atoms with Crippen LogP contribution in [0.5, 0.6) is 0 Å². The minimum atomic E-state index is 0. The summed E-state index contributed by atoms with van der Waals surface area (Å²) >= 11 is 0. The van der Waals surface area contributed by atoms with E-state index in [-0.39, 0.29) is 18.3 Å². The van der Waals surface area contributed by atoms with Gasteiger partial charge in [0.1, 0.15) is 0 Å². The van der Waals surface area contributed by atoms with E-state index in [1.54, 1.807) is 0 Å². The number of hydrogen-bond donors (Lipinski definition) is 1. The molecule has 0 saturated carbocycles. The van der Waals surface area contributed by atoms with Gasteiger partial charge in [0.25, 0.3) is 0 Å². The Morgan fingerprint density at radius 3 is 2.43 bits per heavy atom. The Hall–Kier alpha value is -1.06. The minimum absolute atomic E-state index is 0. The highest BCUT2D eigenvalue weighted by atomic mass is 35.5. The molecule has 1 aromatic carbocycles. The normalized spacial score (nSPS) is 15.3. The molecule has 0 radical (unpaired) electrons. The maximum atomic E-state index is 12.4. The molecule has 0 atom stereocenters. The molecular weight excluding hydrogens is 284 g/mol. The first-order valence-electron chi connectivity index (χ1n) is 7.78. The molecule has 0 unspecified atom stereocenters. The average Bonchev–Trinajstić information content (AvgIpc) is 2.49. The summed E-state index contributed by atoms with van der Waals surface area (Å²) in [7, 11) is 0. The van der Waals surface area contributed by atoms with Crippen molar-refractivity contribution in [3.63, 3.8) is 0 Å². The summed E-state index contributed by atoms with van der Waals surface area (Å²) in [6.07, 6.45) is 4.13. The van der Waals surface area contributed by atoms with E-state index >= 15 is 0 Å². The number of hydrogen-bond acceptors (Lipinski definition) is 2. The Bertz CT molecular complexity index is 427. The highest BCUT2D eigenvalue weighted by Crippen LogP contribution is 2.21. The van der Waals surface area contributed by atoms with E-state index in [2.05, 4.69) is 24.4 Å². The molecule has 1 N–H and O–H groups in total. The fourth-order valence-corrected chi connectivity index (χ4v) is 2.86. The number of halogens is 1. The summed E-state index contributed by atoms with van der Waals surface area (Å²) in [6, 6.07) is 8.22. The molecule has 1 amide bonds. The first-order valence-corrected chi connectivity index (χ1v) is 7.78. The van der Waals surface area contributed by atoms with Gasteiger partial charge in [0.05, 0.1) is 0 Å². The van der Waals surface area contributed by atoms with E-state index in [1.807, 2.05) is 24.0 Å². The van der Waals surface area contributed by atoms with Gasteiger partial charge in [-0.3, -0.25) is 4.79 Å². The molecule has 0 bridgehead atoms. The van der Waals surface area contributed by atoms with Gasteiger partial charge in [0.15, 0.2) is 0 Å². The van der Waals surface area contributed by atoms with Gasteiger partial charge in [0.2, 0.25) is 5.91 Å². The molecule has 1 aliphatic heterocycles. The van der Waals surface area contributed by atoms with Crippen molar-refractivity contribution in [2.24, 2.45) is 5.92 Å². The Morgan fingerprint density at radius 2 is 1.86 bits per heavy atom. The lowest BCUT2D eigenvalue weighted by Crippen LogP contribution is -2.32. The second-order valence-corrected chi connectivity index (χ2v) is 5.71. The molecule has 0 aromatic heterocycles. The quantitative estimate of drug-likeness (QED) is 0.902. The number of carbonyl (C=O) groups excluding carboxylic acids is 1. The molecule has 3 nitrogen and oxygen atoms in total. The first kappa shape index (κ1) is 18.0. The highest BCUT2D eigenvalue weighted by molar-refractivity contribution is 5.93. The van der Waals surface area contributed by atoms with E-state index < -0.39 is 0 Å². The number of amides is 1. The number of piperidine rings is 1. The van der Waals surface area contributed by atoms with Gasteiger partial charge < -0.3 is 10.2 Å². The fraction of sp³-hybridized carbons (Fsp3) is 0.588. The number of rotatable bonds is 5. The van der Waals surface area contributed by atoms with E-state index in [9.17, 15) is 4.79 Å². The van der Waals surface area contributed by atoms with Crippen molar-refractivity contribution in [3.05, 3.63) is 29.8 Å². The fourth-order valence-electron chi connectivity index (χ4n) is 2.86. The van der Waals surface area contributed by atoms with Crippen LogP contribution >= 0.6 is 12.4 Å². The van der Waals surface area contributed by atoms with Crippen molar-refractivity contribution in [3.8, 4) is 0 Å². The van der Waals surface area contributed by atoms with Crippen LogP contribution in [0.1, 0.15) is 38.2 Å². The summed E-state index contributed by atoms with van der Waals surface area (Å²) in [6.45, 7) is 7.07. The lowest BCUT2D eigenvalue weighted by Gasteiger charge is -2.25. The zero-order valence-corrected chi connectivity index (χ0v) is 13.9. The number of benzene rings is 1. The third kappa shape index (κ3) is 5.33. The van der Waals surface area contributed by atoms with E-state index in [4.69, 9.17) is 0 Å². The predicted molar refractivity (Wildman–Crippen MR) is 91.3 cm³/mol. The third-order valence-corrected chi connectivity index (χ3v) is 4.19. The third-order valence-electron chi connectivity index (χ3n) is 4.19. The van der Waals surface area contributed by atoms with Crippen LogP contribution in [0.4, 0.5) is 5.69 Å². The number of nitrogens with zero attached hydrogens (tertiary/aromatic N) is 1. The second kappa shape index (κ2) is 9.06. The van der Waals surface area contributed by atoms with Crippen molar-refractivity contribution in [1.82, 2.24) is 5.32 Å². The molecule has 4 heteroatoms. The summed E-state index contributed by atoms with van der Waals surface area (Å²) in [5.74, 6) is 0.979. The van der Waals surface area contributed by atoms with Crippen molar-refractivity contribution < 1.29 is 4.79 Å². The summed E-state index contributed by atoms with van der Waals surface area (Å²) in [5.41, 5.74) is 2.25. The van der Waals surface area contributed by atoms with Gasteiger partial charge in [-0.25, -0.2) is 0 Å². The lowest BCUT2D eigenvalue weighted by molar-refractivity contribution is -0.118.